The number of hydrogen-bond acceptors (Lipinski definition) is 6. The van der Waals surface area contributed by atoms with Crippen LogP contribution in [0.2, 0.25) is 0 Å². The first-order valence-electron chi connectivity index (χ1n) is 14.1. The molecule has 4 aromatic rings. The van der Waals surface area contributed by atoms with Gasteiger partial charge in [0.25, 0.3) is 5.91 Å². The van der Waals surface area contributed by atoms with Gasteiger partial charge in [-0.15, -0.1) is 0 Å². The highest BCUT2D eigenvalue weighted by molar-refractivity contribution is 6.10. The topological polar surface area (TPSA) is 69.2 Å². The number of ether oxygens (including phenoxy) is 1. The van der Waals surface area contributed by atoms with Gasteiger partial charge in [0.2, 0.25) is 0 Å². The summed E-state index contributed by atoms with van der Waals surface area (Å²) in [6.45, 7) is 6.24. The molecular formula is C34H33N5O2. The molecule has 7 nitrogen and oxygen atoms in total. The smallest absolute Gasteiger partial charge is 0.262 e. The van der Waals surface area contributed by atoms with Crippen LogP contribution in [0, 0.1) is 0 Å². The van der Waals surface area contributed by atoms with Crippen molar-refractivity contribution in [2.75, 3.05) is 29.9 Å². The van der Waals surface area contributed by atoms with Gasteiger partial charge in [0.1, 0.15) is 18.4 Å². The van der Waals surface area contributed by atoms with Gasteiger partial charge in [0.15, 0.2) is 5.84 Å². The molecule has 4 aromatic carbocycles. The summed E-state index contributed by atoms with van der Waals surface area (Å²) in [6.07, 6.45) is 0. The Kier molecular flexibility index (Phi) is 6.24. The normalized spacial score (nSPS) is 19.3. The molecule has 0 aromatic heterocycles. The number of nitrogens with one attached hydrogen (secondary N) is 2. The van der Waals surface area contributed by atoms with Crippen molar-refractivity contribution in [1.29, 1.82) is 0 Å². The molecule has 3 heterocycles. The highest BCUT2D eigenvalue weighted by atomic mass is 16.5. The van der Waals surface area contributed by atoms with Crippen molar-refractivity contribution in [3.8, 4) is 16.9 Å². The number of nitrogens with zero attached hydrogens (tertiary/aromatic N) is 3. The van der Waals surface area contributed by atoms with Gasteiger partial charge in [-0.2, -0.15) is 5.10 Å². The molecule has 7 heteroatoms. The van der Waals surface area contributed by atoms with E-state index in [1.165, 1.54) is 11.1 Å². The van der Waals surface area contributed by atoms with Crippen molar-refractivity contribution in [3.63, 3.8) is 0 Å². The molecule has 41 heavy (non-hydrogen) atoms. The fraction of sp³-hybridized carbons (Fsp3) is 0.235. The van der Waals surface area contributed by atoms with Crippen LogP contribution in [0.3, 0.4) is 0 Å². The third kappa shape index (κ3) is 4.62. The van der Waals surface area contributed by atoms with Gasteiger partial charge in [-0.3, -0.25) is 9.69 Å². The van der Waals surface area contributed by atoms with Crippen molar-refractivity contribution in [1.82, 2.24) is 10.3 Å². The van der Waals surface area contributed by atoms with E-state index in [9.17, 15) is 4.79 Å². The van der Waals surface area contributed by atoms with Crippen molar-refractivity contribution < 1.29 is 9.53 Å². The molecule has 3 aliphatic rings. The molecule has 2 N–H and O–H groups in total. The zero-order chi connectivity index (χ0) is 28.0. The summed E-state index contributed by atoms with van der Waals surface area (Å²) in [5.41, 5.74) is 9.09. The van der Waals surface area contributed by atoms with E-state index < -0.39 is 0 Å². The minimum absolute atomic E-state index is 0.127. The van der Waals surface area contributed by atoms with E-state index in [0.717, 1.165) is 41.3 Å². The first kappa shape index (κ1) is 25.4. The summed E-state index contributed by atoms with van der Waals surface area (Å²) < 4.78 is 6.15. The summed E-state index contributed by atoms with van der Waals surface area (Å²) in [4.78, 5) is 17.1. The highest BCUT2D eigenvalue weighted by Crippen LogP contribution is 2.45. The number of carbonyl (C=O) groups excluding carboxylic acids is 1. The minimum atomic E-state index is -0.382. The Morgan fingerprint density at radius 1 is 0.927 bits per heavy atom. The van der Waals surface area contributed by atoms with Gasteiger partial charge in [-0.25, -0.2) is 5.43 Å². The molecule has 1 unspecified atom stereocenters. The van der Waals surface area contributed by atoms with E-state index in [1.807, 2.05) is 17.9 Å². The Hall–Kier alpha value is -4.62. The molecule has 0 bridgehead atoms. The molecule has 0 spiro atoms. The number of fused-ring (bicyclic) bond motifs is 3. The average molecular weight is 544 g/mol. The number of hydrogen-bond donors (Lipinski definition) is 2. The number of anilines is 2. The molecule has 1 saturated heterocycles. The van der Waals surface area contributed by atoms with Crippen molar-refractivity contribution >= 4 is 23.1 Å². The maximum atomic E-state index is 12.5. The third-order valence-electron chi connectivity index (χ3n) is 8.28. The second-order valence-electron chi connectivity index (χ2n) is 11.4. The lowest BCUT2D eigenvalue weighted by Crippen LogP contribution is -2.64. The average Bonchev–Trinajstić information content (AvgIpc) is 2.99. The lowest BCUT2D eigenvalue weighted by atomic mass is 9.85. The van der Waals surface area contributed by atoms with Crippen LogP contribution < -0.4 is 20.4 Å². The molecule has 7 rings (SSSR count). The second-order valence-corrected chi connectivity index (χ2v) is 11.4. The van der Waals surface area contributed by atoms with E-state index in [0.29, 0.717) is 12.4 Å². The Balaban J connectivity index is 1.23. The van der Waals surface area contributed by atoms with Crippen LogP contribution in [0.25, 0.3) is 11.1 Å². The van der Waals surface area contributed by atoms with E-state index in [2.05, 4.69) is 125 Å². The summed E-state index contributed by atoms with van der Waals surface area (Å²) in [5, 5.41) is 8.19. The molecular weight excluding hydrogens is 510 g/mol. The molecule has 1 atom stereocenters. The van der Waals surface area contributed by atoms with Crippen LogP contribution in [-0.4, -0.2) is 47.9 Å². The Morgan fingerprint density at radius 3 is 2.17 bits per heavy atom. The molecule has 1 amide bonds. The SMILES string of the molecule is CC1C(=O)NN=C2COc3cc(-c4ccccc4)c(NC4(C)CN(C(c5ccccc5)c5ccccc5)C4)cc3N21. The zero-order valence-corrected chi connectivity index (χ0v) is 23.2. The third-order valence-corrected chi connectivity index (χ3v) is 8.28. The fourth-order valence-electron chi connectivity index (χ4n) is 6.35. The van der Waals surface area contributed by atoms with Gasteiger partial charge < -0.3 is 15.0 Å². The highest BCUT2D eigenvalue weighted by Gasteiger charge is 2.44. The zero-order valence-electron chi connectivity index (χ0n) is 23.2. The number of hydrazone groups is 1. The van der Waals surface area contributed by atoms with Gasteiger partial charge >= 0.3 is 0 Å². The number of carbonyl (C=O) groups is 1. The monoisotopic (exact) mass is 543 g/mol. The van der Waals surface area contributed by atoms with Crippen molar-refractivity contribution in [2.45, 2.75) is 31.5 Å². The standard InChI is InChI=1S/C34H33N5O2/c1-23-33(40)37-36-31-20-41-30-18-27(24-12-6-3-7-13-24)28(19-29(30)39(23)31)35-34(2)21-38(22-34)32(25-14-8-4-9-15-25)26-16-10-5-11-17-26/h3-19,23,32,35H,20-22H2,1-2H3,(H,37,40). The maximum absolute atomic E-state index is 12.5. The molecule has 0 saturated carbocycles. The summed E-state index contributed by atoms with van der Waals surface area (Å²) in [7, 11) is 0. The summed E-state index contributed by atoms with van der Waals surface area (Å²) in [5.74, 6) is 1.33. The number of likely N-dealkylation sites (tertiary alicyclic amines) is 1. The largest absolute Gasteiger partial charge is 0.483 e. The second kappa shape index (κ2) is 10.1. The molecule has 206 valence electrons. The van der Waals surface area contributed by atoms with Crippen molar-refractivity contribution in [3.05, 3.63) is 114 Å². The van der Waals surface area contributed by atoms with E-state index in [-0.39, 0.29) is 23.5 Å². The lowest BCUT2D eigenvalue weighted by molar-refractivity contribution is -0.122. The number of amidine groups is 1. The van der Waals surface area contributed by atoms with Gasteiger partial charge in [0.05, 0.1) is 17.3 Å². The van der Waals surface area contributed by atoms with Crippen molar-refractivity contribution in [2.24, 2.45) is 5.10 Å². The first-order chi connectivity index (χ1) is 20.0. The predicted octanol–water partition coefficient (Wildman–Crippen LogP) is 5.66. The van der Waals surface area contributed by atoms with E-state index >= 15 is 0 Å². The van der Waals surface area contributed by atoms with Gasteiger partial charge in [-0.1, -0.05) is 91.0 Å². The molecule has 0 aliphatic carbocycles. The minimum Gasteiger partial charge on any atom is -0.483 e. The van der Waals surface area contributed by atoms with Crippen LogP contribution in [0.15, 0.2) is 108 Å². The van der Waals surface area contributed by atoms with Crippen LogP contribution in [-0.2, 0) is 4.79 Å². The van der Waals surface area contributed by atoms with Crippen LogP contribution in [0.1, 0.15) is 31.0 Å². The fourth-order valence-corrected chi connectivity index (χ4v) is 6.35. The van der Waals surface area contributed by atoms with E-state index in [1.54, 1.807) is 0 Å². The predicted molar refractivity (Wildman–Crippen MR) is 163 cm³/mol. The lowest BCUT2D eigenvalue weighted by Gasteiger charge is -2.53. The molecule has 0 radical (unpaired) electrons. The number of benzene rings is 4. The molecule has 3 aliphatic heterocycles. The van der Waals surface area contributed by atoms with Gasteiger partial charge in [0, 0.05) is 24.3 Å². The number of rotatable bonds is 6. The Labute approximate surface area is 240 Å². The quantitative estimate of drug-likeness (QED) is 0.329. The number of amides is 1. The Bertz CT molecular complexity index is 1560. The van der Waals surface area contributed by atoms with Crippen LogP contribution >= 0.6 is 0 Å². The van der Waals surface area contributed by atoms with E-state index in [4.69, 9.17) is 4.74 Å². The summed E-state index contributed by atoms with van der Waals surface area (Å²) in [6, 6.07) is 35.9. The Morgan fingerprint density at radius 2 is 1.54 bits per heavy atom. The summed E-state index contributed by atoms with van der Waals surface area (Å²) >= 11 is 0. The van der Waals surface area contributed by atoms with Gasteiger partial charge in [-0.05, 0) is 42.7 Å². The van der Waals surface area contributed by atoms with Crippen LogP contribution in [0.4, 0.5) is 11.4 Å². The maximum Gasteiger partial charge on any atom is 0.262 e. The van der Waals surface area contributed by atoms with Crippen LogP contribution in [0.5, 0.6) is 5.75 Å². The molecule has 1 fully saturated rings. The first-order valence-corrected chi connectivity index (χ1v) is 14.1.